The summed E-state index contributed by atoms with van der Waals surface area (Å²) in [6.07, 6.45) is 6.90. The van der Waals surface area contributed by atoms with E-state index in [0.717, 1.165) is 44.9 Å². The molecular formula is C24H33N3O4S. The van der Waals surface area contributed by atoms with E-state index >= 15 is 0 Å². The van der Waals surface area contributed by atoms with Gasteiger partial charge in [-0.15, -0.1) is 0 Å². The molecule has 1 aromatic heterocycles. The second kappa shape index (κ2) is 9.35. The van der Waals surface area contributed by atoms with Gasteiger partial charge >= 0.3 is 0 Å². The highest BCUT2D eigenvalue weighted by atomic mass is 32.2. The van der Waals surface area contributed by atoms with E-state index in [0.29, 0.717) is 35.8 Å². The zero-order valence-corrected chi connectivity index (χ0v) is 19.7. The average Bonchev–Trinajstić information content (AvgIpc) is 3.06. The number of nitrogens with one attached hydrogen (secondary N) is 2. The summed E-state index contributed by atoms with van der Waals surface area (Å²) < 4.78 is 28.1. The minimum atomic E-state index is -3.66. The quantitative estimate of drug-likeness (QED) is 0.729. The maximum Gasteiger partial charge on any atom is 0.252 e. The molecule has 3 atom stereocenters. The zero-order valence-electron chi connectivity index (χ0n) is 18.9. The zero-order chi connectivity index (χ0) is 22.9. The molecule has 2 aromatic rings. The second-order valence-electron chi connectivity index (χ2n) is 9.42. The van der Waals surface area contributed by atoms with Crippen molar-refractivity contribution < 1.29 is 13.2 Å². The minimum absolute atomic E-state index is 0.0459. The average molecular weight is 460 g/mol. The first-order valence-electron chi connectivity index (χ1n) is 11.8. The Kier molecular flexibility index (Phi) is 6.72. The highest BCUT2D eigenvalue weighted by molar-refractivity contribution is 7.89. The monoisotopic (exact) mass is 459 g/mol. The highest BCUT2D eigenvalue weighted by Crippen LogP contribution is 2.30. The summed E-state index contributed by atoms with van der Waals surface area (Å²) in [5.41, 5.74) is 0.306. The van der Waals surface area contributed by atoms with Crippen molar-refractivity contribution in [2.75, 3.05) is 13.1 Å². The molecule has 174 valence electrons. The van der Waals surface area contributed by atoms with Gasteiger partial charge in [0.15, 0.2) is 0 Å². The van der Waals surface area contributed by atoms with Crippen molar-refractivity contribution in [3.8, 4) is 0 Å². The van der Waals surface area contributed by atoms with Crippen molar-refractivity contribution in [2.45, 2.75) is 69.7 Å². The van der Waals surface area contributed by atoms with Crippen LogP contribution in [0.4, 0.5) is 0 Å². The van der Waals surface area contributed by atoms with E-state index in [4.69, 9.17) is 0 Å². The number of sulfonamides is 1. The topological polar surface area (TPSA) is 99.3 Å². The Bertz CT molecular complexity index is 1150. The third kappa shape index (κ3) is 4.62. The van der Waals surface area contributed by atoms with Crippen molar-refractivity contribution >= 4 is 26.8 Å². The normalized spacial score (nSPS) is 25.4. The van der Waals surface area contributed by atoms with Crippen LogP contribution in [0.1, 0.15) is 69.2 Å². The molecule has 2 N–H and O–H groups in total. The molecule has 2 heterocycles. The van der Waals surface area contributed by atoms with Gasteiger partial charge in [-0.05, 0) is 49.3 Å². The fourth-order valence-electron chi connectivity index (χ4n) is 5.04. The highest BCUT2D eigenvalue weighted by Gasteiger charge is 2.30. The predicted molar refractivity (Wildman–Crippen MR) is 125 cm³/mol. The lowest BCUT2D eigenvalue weighted by Crippen LogP contribution is -2.44. The molecule has 0 radical (unpaired) electrons. The third-order valence-corrected chi connectivity index (χ3v) is 9.18. The molecule has 0 bridgehead atoms. The molecule has 2 fully saturated rings. The fourth-order valence-corrected chi connectivity index (χ4v) is 6.59. The number of carbonyl (C=O) groups excluding carboxylic acids is 1. The van der Waals surface area contributed by atoms with Crippen molar-refractivity contribution in [3.05, 3.63) is 40.2 Å². The van der Waals surface area contributed by atoms with Crippen molar-refractivity contribution in [2.24, 2.45) is 11.8 Å². The minimum Gasteiger partial charge on any atom is -0.349 e. The van der Waals surface area contributed by atoms with Gasteiger partial charge in [0.1, 0.15) is 0 Å². The molecule has 32 heavy (non-hydrogen) atoms. The molecule has 8 heteroatoms. The smallest absolute Gasteiger partial charge is 0.252 e. The maximum absolute atomic E-state index is 13.3. The van der Waals surface area contributed by atoms with Crippen molar-refractivity contribution in [3.63, 3.8) is 0 Å². The summed E-state index contributed by atoms with van der Waals surface area (Å²) in [6.45, 7) is 5.37. The van der Waals surface area contributed by atoms with Crippen LogP contribution in [0, 0.1) is 11.8 Å². The number of hydrogen-bond donors (Lipinski definition) is 2. The Labute approximate surface area is 189 Å². The van der Waals surface area contributed by atoms with Gasteiger partial charge in [-0.1, -0.05) is 39.5 Å². The molecule has 1 amide bonds. The van der Waals surface area contributed by atoms with E-state index in [1.165, 1.54) is 22.5 Å². The Balaban J connectivity index is 1.70. The number of hydrogen-bond acceptors (Lipinski definition) is 4. The first-order chi connectivity index (χ1) is 15.3. The molecule has 1 aromatic carbocycles. The van der Waals surface area contributed by atoms with E-state index in [-0.39, 0.29) is 28.0 Å². The molecule has 4 rings (SSSR count). The standard InChI is InChI=1S/C24H33N3O4S/c1-16-8-7-9-21(17(16)2)26-24(29)20-15-23(28)25-22-11-10-18(14-19(20)22)32(30,31)27-12-5-3-4-6-13-27/h10-11,14-17,21H,3-9,12-13H2,1-2H3,(H,25,28)(H,26,29). The number of nitrogens with zero attached hydrogens (tertiary/aromatic N) is 1. The van der Waals surface area contributed by atoms with E-state index < -0.39 is 10.0 Å². The van der Waals surface area contributed by atoms with Gasteiger partial charge in [-0.2, -0.15) is 4.31 Å². The molecule has 0 spiro atoms. The molecule has 1 aliphatic heterocycles. The molecule has 2 aliphatic rings. The van der Waals surface area contributed by atoms with Crippen LogP contribution in [0.5, 0.6) is 0 Å². The Hall–Kier alpha value is -2.19. The first kappa shape index (κ1) is 23.0. The summed E-state index contributed by atoms with van der Waals surface area (Å²) in [5, 5.41) is 3.57. The lowest BCUT2D eigenvalue weighted by molar-refractivity contribution is 0.0892. The van der Waals surface area contributed by atoms with Crippen molar-refractivity contribution in [1.82, 2.24) is 14.6 Å². The summed E-state index contributed by atoms with van der Waals surface area (Å²) in [5.74, 6) is 0.548. The summed E-state index contributed by atoms with van der Waals surface area (Å²) in [4.78, 5) is 28.3. The first-order valence-corrected chi connectivity index (χ1v) is 13.2. The maximum atomic E-state index is 13.3. The van der Waals surface area contributed by atoms with Crippen LogP contribution in [0.3, 0.4) is 0 Å². The Morgan fingerprint density at radius 2 is 1.75 bits per heavy atom. The van der Waals surface area contributed by atoms with E-state index in [2.05, 4.69) is 24.1 Å². The molecule has 1 saturated carbocycles. The van der Waals surface area contributed by atoms with Gasteiger partial charge in [0.05, 0.1) is 10.5 Å². The second-order valence-corrected chi connectivity index (χ2v) is 11.4. The fraction of sp³-hybridized carbons (Fsp3) is 0.583. The van der Waals surface area contributed by atoms with Gasteiger partial charge in [0.25, 0.3) is 5.91 Å². The molecule has 7 nitrogen and oxygen atoms in total. The number of carbonyl (C=O) groups is 1. The number of fused-ring (bicyclic) bond motifs is 1. The van der Waals surface area contributed by atoms with Crippen LogP contribution in [-0.4, -0.2) is 42.7 Å². The third-order valence-electron chi connectivity index (χ3n) is 7.29. The number of aromatic amines is 1. The summed E-state index contributed by atoms with van der Waals surface area (Å²) in [7, 11) is -3.66. The van der Waals surface area contributed by atoms with Crippen LogP contribution in [0.15, 0.2) is 34.0 Å². The number of H-pyrrole nitrogens is 1. The van der Waals surface area contributed by atoms with Gasteiger partial charge in [0.2, 0.25) is 15.6 Å². The number of benzene rings is 1. The lowest BCUT2D eigenvalue weighted by atomic mass is 9.78. The molecular weight excluding hydrogens is 426 g/mol. The van der Waals surface area contributed by atoms with Gasteiger partial charge in [-0.3, -0.25) is 9.59 Å². The SMILES string of the molecule is CC1CCCC(NC(=O)c2cc(=O)[nH]c3ccc(S(=O)(=O)N4CCCCCC4)cc23)C1C. The summed E-state index contributed by atoms with van der Waals surface area (Å²) >= 11 is 0. The van der Waals surface area contributed by atoms with Crippen molar-refractivity contribution in [1.29, 1.82) is 0 Å². The molecule has 3 unspecified atom stereocenters. The Morgan fingerprint density at radius 1 is 1.03 bits per heavy atom. The van der Waals surface area contributed by atoms with Gasteiger partial charge in [0, 0.05) is 36.1 Å². The van der Waals surface area contributed by atoms with Gasteiger partial charge < -0.3 is 10.3 Å². The molecule has 1 saturated heterocycles. The van der Waals surface area contributed by atoms with E-state index in [1.54, 1.807) is 6.07 Å². The number of pyridine rings is 1. The number of amides is 1. The van der Waals surface area contributed by atoms with Crippen LogP contribution >= 0.6 is 0 Å². The van der Waals surface area contributed by atoms with Crippen LogP contribution in [0.25, 0.3) is 10.9 Å². The van der Waals surface area contributed by atoms with Crippen LogP contribution < -0.4 is 10.9 Å². The summed E-state index contributed by atoms with van der Waals surface area (Å²) in [6, 6.07) is 5.96. The van der Waals surface area contributed by atoms with Crippen LogP contribution in [-0.2, 0) is 10.0 Å². The lowest BCUT2D eigenvalue weighted by Gasteiger charge is -2.34. The predicted octanol–water partition coefficient (Wildman–Crippen LogP) is 3.65. The number of aromatic nitrogens is 1. The van der Waals surface area contributed by atoms with Gasteiger partial charge in [-0.25, -0.2) is 8.42 Å². The van der Waals surface area contributed by atoms with Crippen LogP contribution in [0.2, 0.25) is 0 Å². The largest absolute Gasteiger partial charge is 0.349 e. The van der Waals surface area contributed by atoms with E-state index in [1.807, 2.05) is 0 Å². The Morgan fingerprint density at radius 3 is 2.47 bits per heavy atom. The number of rotatable bonds is 4. The molecule has 1 aliphatic carbocycles. The van der Waals surface area contributed by atoms with E-state index in [9.17, 15) is 18.0 Å².